The van der Waals surface area contributed by atoms with Gasteiger partial charge in [0.25, 0.3) is 0 Å². The van der Waals surface area contributed by atoms with Crippen LogP contribution in [0.1, 0.15) is 5.56 Å². The molecule has 1 amide bonds. The standard InChI is InChI=1S/C12H10Cl3NO/c1-8(13)7-16-12(17)5-2-9-6-10(14)3-4-11(9)15/h2-6H,1,7H2,(H,16,17)/b5-2+. The molecular formula is C12H10Cl3NO. The van der Waals surface area contributed by atoms with Crippen LogP contribution in [0.3, 0.4) is 0 Å². The summed E-state index contributed by atoms with van der Waals surface area (Å²) in [5.74, 6) is -0.275. The van der Waals surface area contributed by atoms with Crippen molar-refractivity contribution in [2.45, 2.75) is 0 Å². The van der Waals surface area contributed by atoms with Crippen LogP contribution in [0.15, 0.2) is 35.9 Å². The fourth-order valence-electron chi connectivity index (χ4n) is 1.05. The minimum atomic E-state index is -0.275. The Morgan fingerprint density at radius 2 is 2.12 bits per heavy atom. The quantitative estimate of drug-likeness (QED) is 0.838. The summed E-state index contributed by atoms with van der Waals surface area (Å²) in [6.07, 6.45) is 2.94. The fraction of sp³-hybridized carbons (Fsp3) is 0.0833. The summed E-state index contributed by atoms with van der Waals surface area (Å²) in [5, 5.41) is 4.01. The zero-order valence-corrected chi connectivity index (χ0v) is 11.1. The van der Waals surface area contributed by atoms with Crippen LogP contribution >= 0.6 is 34.8 Å². The Labute approximate surface area is 115 Å². The topological polar surface area (TPSA) is 29.1 Å². The molecule has 90 valence electrons. The summed E-state index contributed by atoms with van der Waals surface area (Å²) in [6, 6.07) is 5.02. The van der Waals surface area contributed by atoms with Gasteiger partial charge >= 0.3 is 0 Å². The minimum Gasteiger partial charge on any atom is -0.348 e. The summed E-state index contributed by atoms with van der Waals surface area (Å²) >= 11 is 17.3. The number of rotatable bonds is 4. The molecule has 0 saturated heterocycles. The Balaban J connectivity index is 2.67. The van der Waals surface area contributed by atoms with Gasteiger partial charge in [-0.15, -0.1) is 0 Å². The van der Waals surface area contributed by atoms with Crippen molar-refractivity contribution < 1.29 is 4.79 Å². The maximum atomic E-state index is 11.3. The van der Waals surface area contributed by atoms with Gasteiger partial charge in [0.2, 0.25) is 5.91 Å². The first-order valence-corrected chi connectivity index (χ1v) is 5.86. The van der Waals surface area contributed by atoms with Gasteiger partial charge in [-0.1, -0.05) is 41.4 Å². The Kier molecular flexibility index (Phi) is 5.56. The molecule has 0 atom stereocenters. The first-order chi connectivity index (χ1) is 7.99. The van der Waals surface area contributed by atoms with Gasteiger partial charge in [-0.05, 0) is 29.8 Å². The third kappa shape index (κ3) is 5.26. The van der Waals surface area contributed by atoms with E-state index in [2.05, 4.69) is 11.9 Å². The van der Waals surface area contributed by atoms with Crippen LogP contribution in [0.4, 0.5) is 0 Å². The number of benzene rings is 1. The molecule has 0 bridgehead atoms. The molecule has 0 spiro atoms. The summed E-state index contributed by atoms with van der Waals surface area (Å²) in [7, 11) is 0. The van der Waals surface area contributed by atoms with Crippen molar-refractivity contribution in [3.63, 3.8) is 0 Å². The van der Waals surface area contributed by atoms with Crippen LogP contribution in [0.25, 0.3) is 6.08 Å². The predicted molar refractivity (Wildman–Crippen MR) is 73.5 cm³/mol. The highest BCUT2D eigenvalue weighted by Gasteiger charge is 1.99. The Morgan fingerprint density at radius 3 is 2.76 bits per heavy atom. The summed E-state index contributed by atoms with van der Waals surface area (Å²) in [5.41, 5.74) is 0.680. The lowest BCUT2D eigenvalue weighted by Gasteiger charge is -2.00. The van der Waals surface area contributed by atoms with Gasteiger partial charge in [0.15, 0.2) is 0 Å². The van der Waals surface area contributed by atoms with Crippen molar-refractivity contribution in [1.29, 1.82) is 0 Å². The molecule has 1 aromatic carbocycles. The first-order valence-electron chi connectivity index (χ1n) is 4.73. The zero-order chi connectivity index (χ0) is 12.8. The van der Waals surface area contributed by atoms with Crippen molar-refractivity contribution in [2.24, 2.45) is 0 Å². The lowest BCUT2D eigenvalue weighted by Crippen LogP contribution is -2.21. The monoisotopic (exact) mass is 289 g/mol. The van der Waals surface area contributed by atoms with E-state index in [1.165, 1.54) is 6.08 Å². The molecular weight excluding hydrogens is 280 g/mol. The Bertz CT molecular complexity index is 469. The molecule has 0 radical (unpaired) electrons. The lowest BCUT2D eigenvalue weighted by molar-refractivity contribution is -0.116. The largest absolute Gasteiger partial charge is 0.348 e. The van der Waals surface area contributed by atoms with Crippen LogP contribution < -0.4 is 5.32 Å². The predicted octanol–water partition coefficient (Wildman–Crippen LogP) is 3.88. The van der Waals surface area contributed by atoms with Gasteiger partial charge in [0.1, 0.15) is 0 Å². The third-order valence-electron chi connectivity index (χ3n) is 1.83. The first kappa shape index (κ1) is 14.1. The number of nitrogens with one attached hydrogen (secondary N) is 1. The Morgan fingerprint density at radius 1 is 1.41 bits per heavy atom. The second-order valence-corrected chi connectivity index (χ2v) is 4.61. The van der Waals surface area contributed by atoms with Crippen LogP contribution in [0.5, 0.6) is 0 Å². The highest BCUT2D eigenvalue weighted by molar-refractivity contribution is 6.34. The molecule has 1 rings (SSSR count). The molecule has 0 fully saturated rings. The lowest BCUT2D eigenvalue weighted by atomic mass is 10.2. The molecule has 5 heteroatoms. The van der Waals surface area contributed by atoms with Crippen LogP contribution in [0.2, 0.25) is 10.0 Å². The van der Waals surface area contributed by atoms with Gasteiger partial charge in [-0.25, -0.2) is 0 Å². The summed E-state index contributed by atoms with van der Waals surface area (Å²) in [4.78, 5) is 11.3. The van der Waals surface area contributed by atoms with E-state index in [9.17, 15) is 4.79 Å². The van der Waals surface area contributed by atoms with Gasteiger partial charge in [-0.3, -0.25) is 4.79 Å². The van der Waals surface area contributed by atoms with Crippen molar-refractivity contribution >= 4 is 46.8 Å². The average molecular weight is 291 g/mol. The SMILES string of the molecule is C=C(Cl)CNC(=O)/C=C/c1cc(Cl)ccc1Cl. The van der Waals surface area contributed by atoms with Crippen LogP contribution in [-0.2, 0) is 4.79 Å². The van der Waals surface area contributed by atoms with E-state index in [4.69, 9.17) is 34.8 Å². The molecule has 0 aliphatic rings. The van der Waals surface area contributed by atoms with Crippen molar-refractivity contribution in [2.75, 3.05) is 6.54 Å². The van der Waals surface area contributed by atoms with Crippen molar-refractivity contribution in [3.8, 4) is 0 Å². The zero-order valence-electron chi connectivity index (χ0n) is 8.84. The van der Waals surface area contributed by atoms with Crippen molar-refractivity contribution in [1.82, 2.24) is 5.32 Å². The number of carbonyl (C=O) groups is 1. The van der Waals surface area contributed by atoms with Gasteiger partial charge in [0, 0.05) is 21.2 Å². The number of amides is 1. The maximum Gasteiger partial charge on any atom is 0.244 e. The molecule has 2 nitrogen and oxygen atoms in total. The van der Waals surface area contributed by atoms with E-state index in [1.807, 2.05) is 0 Å². The van der Waals surface area contributed by atoms with Gasteiger partial charge < -0.3 is 5.32 Å². The van der Waals surface area contributed by atoms with E-state index in [0.717, 1.165) is 0 Å². The molecule has 0 aromatic heterocycles. The molecule has 1 N–H and O–H groups in total. The molecule has 17 heavy (non-hydrogen) atoms. The highest BCUT2D eigenvalue weighted by atomic mass is 35.5. The molecule has 0 saturated carbocycles. The number of halogens is 3. The number of hydrogen-bond donors (Lipinski definition) is 1. The number of hydrogen-bond acceptors (Lipinski definition) is 1. The second kappa shape index (κ2) is 6.70. The minimum absolute atomic E-state index is 0.230. The summed E-state index contributed by atoms with van der Waals surface area (Å²) in [6.45, 7) is 3.69. The van der Waals surface area contributed by atoms with E-state index in [-0.39, 0.29) is 12.5 Å². The molecule has 0 heterocycles. The summed E-state index contributed by atoms with van der Waals surface area (Å²) < 4.78 is 0. The Hall–Kier alpha value is -0.960. The molecule has 0 aliphatic heterocycles. The smallest absolute Gasteiger partial charge is 0.244 e. The van der Waals surface area contributed by atoms with E-state index < -0.39 is 0 Å². The third-order valence-corrected chi connectivity index (χ3v) is 2.54. The van der Waals surface area contributed by atoms with Gasteiger partial charge in [0.05, 0.1) is 6.54 Å². The van der Waals surface area contributed by atoms with Crippen LogP contribution in [-0.4, -0.2) is 12.5 Å². The number of carbonyl (C=O) groups excluding carboxylic acids is 1. The maximum absolute atomic E-state index is 11.3. The van der Waals surface area contributed by atoms with E-state index in [0.29, 0.717) is 20.6 Å². The normalized spacial score (nSPS) is 10.5. The van der Waals surface area contributed by atoms with Gasteiger partial charge in [-0.2, -0.15) is 0 Å². The second-order valence-electron chi connectivity index (χ2n) is 3.23. The fourth-order valence-corrected chi connectivity index (χ4v) is 1.48. The molecule has 0 aliphatic carbocycles. The van der Waals surface area contributed by atoms with E-state index in [1.54, 1.807) is 24.3 Å². The average Bonchev–Trinajstić information content (AvgIpc) is 2.27. The highest BCUT2D eigenvalue weighted by Crippen LogP contribution is 2.21. The van der Waals surface area contributed by atoms with Crippen LogP contribution in [0, 0.1) is 0 Å². The molecule has 1 aromatic rings. The van der Waals surface area contributed by atoms with Crippen molar-refractivity contribution in [3.05, 3.63) is 51.5 Å². The molecule has 0 unspecified atom stereocenters. The van der Waals surface area contributed by atoms with E-state index >= 15 is 0 Å².